The number of likely N-dealkylation sites (tertiary alicyclic amines) is 1. The molecule has 4 rings (SSSR count). The summed E-state index contributed by atoms with van der Waals surface area (Å²) < 4.78 is 23.8. The van der Waals surface area contributed by atoms with Gasteiger partial charge < -0.3 is 15.1 Å². The number of hydrogen-bond acceptors (Lipinski definition) is 5. The number of nitrogens with zero attached hydrogens (tertiary/aromatic N) is 2. The van der Waals surface area contributed by atoms with E-state index >= 15 is 0 Å². The van der Waals surface area contributed by atoms with Crippen LogP contribution in [0.2, 0.25) is 0 Å². The number of amides is 1. The van der Waals surface area contributed by atoms with E-state index in [1.807, 2.05) is 48.5 Å². The van der Waals surface area contributed by atoms with Crippen LogP contribution in [-0.2, 0) is 21.2 Å². The van der Waals surface area contributed by atoms with Gasteiger partial charge in [0.15, 0.2) is 0 Å². The maximum absolute atomic E-state index is 12.6. The summed E-state index contributed by atoms with van der Waals surface area (Å²) in [6.45, 7) is 4.23. The van der Waals surface area contributed by atoms with Crippen LogP contribution in [0, 0.1) is 5.92 Å². The first-order chi connectivity index (χ1) is 16.0. The molecule has 7 heteroatoms. The van der Waals surface area contributed by atoms with Crippen molar-refractivity contribution in [1.29, 1.82) is 0 Å². The zero-order chi connectivity index (χ0) is 23.1. The first-order valence-corrected chi connectivity index (χ1v) is 13.9. The molecular formula is C26H35N3O3S. The van der Waals surface area contributed by atoms with E-state index in [-0.39, 0.29) is 29.4 Å². The third kappa shape index (κ3) is 6.81. The number of hydrogen-bond donors (Lipinski definition) is 1. The van der Waals surface area contributed by atoms with Gasteiger partial charge in [-0.15, -0.1) is 0 Å². The van der Waals surface area contributed by atoms with Crippen LogP contribution in [0.25, 0.3) is 0 Å². The number of sulfone groups is 1. The Morgan fingerprint density at radius 1 is 0.909 bits per heavy atom. The van der Waals surface area contributed by atoms with Gasteiger partial charge >= 0.3 is 0 Å². The third-order valence-electron chi connectivity index (χ3n) is 6.98. The first-order valence-electron chi connectivity index (χ1n) is 12.1. The number of nitrogens with one attached hydrogen (secondary N) is 1. The number of rotatable bonds is 8. The summed E-state index contributed by atoms with van der Waals surface area (Å²) in [6.07, 6.45) is 3.16. The molecule has 33 heavy (non-hydrogen) atoms. The van der Waals surface area contributed by atoms with Gasteiger partial charge in [-0.2, -0.15) is 0 Å². The molecule has 0 bridgehead atoms. The lowest BCUT2D eigenvalue weighted by atomic mass is 9.95. The highest BCUT2D eigenvalue weighted by atomic mass is 32.2. The van der Waals surface area contributed by atoms with Crippen LogP contribution in [-0.4, -0.2) is 63.0 Å². The van der Waals surface area contributed by atoms with Gasteiger partial charge in [-0.25, -0.2) is 8.42 Å². The van der Waals surface area contributed by atoms with Crippen molar-refractivity contribution in [3.8, 4) is 0 Å². The summed E-state index contributed by atoms with van der Waals surface area (Å²) in [5.41, 5.74) is 2.29. The van der Waals surface area contributed by atoms with Crippen molar-refractivity contribution in [2.45, 2.75) is 38.3 Å². The number of para-hydroxylation sites is 1. The van der Waals surface area contributed by atoms with Crippen LogP contribution in [0.5, 0.6) is 0 Å². The van der Waals surface area contributed by atoms with Crippen molar-refractivity contribution in [3.05, 3.63) is 66.2 Å². The van der Waals surface area contributed by atoms with Gasteiger partial charge in [-0.1, -0.05) is 48.5 Å². The van der Waals surface area contributed by atoms with Crippen LogP contribution in [0.3, 0.4) is 0 Å². The van der Waals surface area contributed by atoms with Crippen LogP contribution < -0.4 is 10.2 Å². The second kappa shape index (κ2) is 11.2. The minimum Gasteiger partial charge on any atom is -0.367 e. The summed E-state index contributed by atoms with van der Waals surface area (Å²) in [4.78, 5) is 17.4. The van der Waals surface area contributed by atoms with E-state index in [1.165, 1.54) is 0 Å². The highest BCUT2D eigenvalue weighted by Crippen LogP contribution is 2.25. The molecule has 1 amide bonds. The predicted octanol–water partition coefficient (Wildman–Crippen LogP) is 3.10. The SMILES string of the molecule is O=C(NCc1ccccc1)C1CCN(CCN(c2ccccc2)C2CCS(=O)(=O)CC2)CC1. The van der Waals surface area contributed by atoms with Crippen molar-refractivity contribution in [1.82, 2.24) is 10.2 Å². The van der Waals surface area contributed by atoms with Crippen LogP contribution in [0.15, 0.2) is 60.7 Å². The Balaban J connectivity index is 1.26. The molecule has 2 heterocycles. The highest BCUT2D eigenvalue weighted by molar-refractivity contribution is 7.91. The summed E-state index contributed by atoms with van der Waals surface area (Å²) >= 11 is 0. The Bertz CT molecular complexity index is 976. The molecule has 2 aliphatic heterocycles. The quantitative estimate of drug-likeness (QED) is 0.643. The smallest absolute Gasteiger partial charge is 0.223 e. The van der Waals surface area contributed by atoms with E-state index in [4.69, 9.17) is 0 Å². The number of carbonyl (C=O) groups excluding carboxylic acids is 1. The van der Waals surface area contributed by atoms with Gasteiger partial charge in [0.2, 0.25) is 5.91 Å². The summed E-state index contributed by atoms with van der Waals surface area (Å²) in [7, 11) is -2.88. The fourth-order valence-corrected chi connectivity index (χ4v) is 6.40. The fourth-order valence-electron chi connectivity index (χ4n) is 4.93. The molecule has 2 saturated heterocycles. The Morgan fingerprint density at radius 2 is 1.52 bits per heavy atom. The molecule has 0 atom stereocenters. The zero-order valence-corrected chi connectivity index (χ0v) is 20.1. The van der Waals surface area contributed by atoms with E-state index in [0.717, 1.165) is 50.3 Å². The standard InChI is InChI=1S/C26H35N3O3S/c30-26(27-21-22-7-3-1-4-8-22)23-11-15-28(16-12-23)17-18-29(24-9-5-2-6-10-24)25-13-19-33(31,32)20-14-25/h1-10,23,25H,11-21H2,(H,27,30). The molecule has 0 unspecified atom stereocenters. The molecule has 0 aromatic heterocycles. The van der Waals surface area contributed by atoms with E-state index in [1.54, 1.807) is 0 Å². The van der Waals surface area contributed by atoms with Gasteiger partial charge in [0.1, 0.15) is 9.84 Å². The van der Waals surface area contributed by atoms with E-state index < -0.39 is 9.84 Å². The van der Waals surface area contributed by atoms with E-state index in [9.17, 15) is 13.2 Å². The maximum atomic E-state index is 12.6. The molecule has 2 fully saturated rings. The third-order valence-corrected chi connectivity index (χ3v) is 8.69. The fraction of sp³-hybridized carbons (Fsp3) is 0.500. The van der Waals surface area contributed by atoms with Crippen molar-refractivity contribution in [2.24, 2.45) is 5.92 Å². The normalized spacial score (nSPS) is 19.8. The molecule has 6 nitrogen and oxygen atoms in total. The van der Waals surface area contributed by atoms with Crippen molar-refractivity contribution in [3.63, 3.8) is 0 Å². The van der Waals surface area contributed by atoms with Crippen molar-refractivity contribution < 1.29 is 13.2 Å². The first kappa shape index (κ1) is 23.8. The minimum atomic E-state index is -2.88. The molecule has 0 saturated carbocycles. The number of anilines is 1. The Hall–Kier alpha value is -2.38. The van der Waals surface area contributed by atoms with Gasteiger partial charge in [0.25, 0.3) is 0 Å². The summed E-state index contributed by atoms with van der Waals surface area (Å²) in [5, 5.41) is 3.09. The Morgan fingerprint density at radius 3 is 2.15 bits per heavy atom. The molecule has 1 N–H and O–H groups in total. The van der Waals surface area contributed by atoms with Crippen LogP contribution in [0.4, 0.5) is 5.69 Å². The van der Waals surface area contributed by atoms with Gasteiger partial charge in [0, 0.05) is 37.3 Å². The lowest BCUT2D eigenvalue weighted by molar-refractivity contribution is -0.126. The molecular weight excluding hydrogens is 434 g/mol. The second-order valence-corrected chi connectivity index (χ2v) is 11.5. The van der Waals surface area contributed by atoms with E-state index in [2.05, 4.69) is 27.2 Å². The average Bonchev–Trinajstić information content (AvgIpc) is 2.85. The molecule has 0 aliphatic carbocycles. The average molecular weight is 470 g/mol. The number of carbonyl (C=O) groups is 1. The van der Waals surface area contributed by atoms with Crippen LogP contribution >= 0.6 is 0 Å². The Labute approximate surface area is 197 Å². The van der Waals surface area contributed by atoms with Crippen molar-refractivity contribution >= 4 is 21.4 Å². The topological polar surface area (TPSA) is 69.7 Å². The largest absolute Gasteiger partial charge is 0.367 e. The molecule has 2 aliphatic rings. The summed E-state index contributed by atoms with van der Waals surface area (Å²) in [6, 6.07) is 20.6. The Kier molecular flexibility index (Phi) is 8.04. The second-order valence-electron chi connectivity index (χ2n) is 9.23. The van der Waals surface area contributed by atoms with Gasteiger partial charge in [-0.3, -0.25) is 4.79 Å². The molecule has 0 radical (unpaired) electrons. The van der Waals surface area contributed by atoms with E-state index in [0.29, 0.717) is 19.4 Å². The predicted molar refractivity (Wildman–Crippen MR) is 133 cm³/mol. The summed E-state index contributed by atoms with van der Waals surface area (Å²) in [5.74, 6) is 0.807. The van der Waals surface area contributed by atoms with Gasteiger partial charge in [0.05, 0.1) is 11.5 Å². The molecule has 2 aromatic carbocycles. The lowest BCUT2D eigenvalue weighted by Gasteiger charge is -2.38. The zero-order valence-electron chi connectivity index (χ0n) is 19.2. The number of benzene rings is 2. The minimum absolute atomic E-state index is 0.0822. The van der Waals surface area contributed by atoms with Gasteiger partial charge in [-0.05, 0) is 56.5 Å². The molecule has 178 valence electrons. The highest BCUT2D eigenvalue weighted by Gasteiger charge is 2.29. The molecule has 0 spiro atoms. The lowest BCUT2D eigenvalue weighted by Crippen LogP contribution is -2.47. The molecule has 2 aromatic rings. The van der Waals surface area contributed by atoms with Crippen molar-refractivity contribution in [2.75, 3.05) is 42.6 Å². The number of piperidine rings is 1. The monoisotopic (exact) mass is 469 g/mol. The van der Waals surface area contributed by atoms with Crippen LogP contribution in [0.1, 0.15) is 31.2 Å². The maximum Gasteiger partial charge on any atom is 0.223 e.